The second-order valence-corrected chi connectivity index (χ2v) is 10.3. The molecule has 194 valence electrons. The monoisotopic (exact) mass is 554 g/mol. The van der Waals surface area contributed by atoms with E-state index in [0.717, 1.165) is 16.0 Å². The van der Waals surface area contributed by atoms with Gasteiger partial charge in [0.2, 0.25) is 0 Å². The van der Waals surface area contributed by atoms with Gasteiger partial charge in [-0.1, -0.05) is 72.3 Å². The third-order valence-corrected chi connectivity index (χ3v) is 7.49. The molecule has 8 heteroatoms. The lowest BCUT2D eigenvalue weighted by Crippen LogP contribution is -2.33. The van der Waals surface area contributed by atoms with Crippen molar-refractivity contribution < 1.29 is 14.7 Å². The summed E-state index contributed by atoms with van der Waals surface area (Å²) in [7, 11) is 0. The van der Waals surface area contributed by atoms with Crippen LogP contribution in [0.15, 0.2) is 113 Å². The lowest BCUT2D eigenvalue weighted by Gasteiger charge is -2.19. The third-order valence-electron chi connectivity index (χ3n) is 6.31. The topological polar surface area (TPSA) is 88.4 Å². The minimum absolute atomic E-state index is 0.000363. The molecule has 0 fully saturated rings. The fourth-order valence-corrected chi connectivity index (χ4v) is 5.12. The van der Waals surface area contributed by atoms with Crippen molar-refractivity contribution in [3.05, 3.63) is 135 Å². The van der Waals surface area contributed by atoms with E-state index in [9.17, 15) is 19.5 Å². The number of pyridine rings is 1. The first-order valence-electron chi connectivity index (χ1n) is 12.1. The van der Waals surface area contributed by atoms with E-state index in [4.69, 9.17) is 11.6 Å². The van der Waals surface area contributed by atoms with E-state index < -0.39 is 23.5 Å². The molecule has 1 unspecified atom stereocenters. The first-order valence-corrected chi connectivity index (χ1v) is 13.4. The highest BCUT2D eigenvalue weighted by Crippen LogP contribution is 2.28. The van der Waals surface area contributed by atoms with Crippen LogP contribution in [0.25, 0.3) is 21.6 Å². The summed E-state index contributed by atoms with van der Waals surface area (Å²) in [6.07, 6.45) is 1.60. The van der Waals surface area contributed by atoms with Crippen LogP contribution in [0.2, 0.25) is 5.02 Å². The van der Waals surface area contributed by atoms with E-state index in [0.29, 0.717) is 21.7 Å². The predicted molar refractivity (Wildman–Crippen MR) is 156 cm³/mol. The van der Waals surface area contributed by atoms with Crippen LogP contribution in [0.1, 0.15) is 22.0 Å². The molecule has 1 amide bonds. The second kappa shape index (κ2) is 11.5. The zero-order chi connectivity index (χ0) is 27.4. The number of rotatable bonds is 8. The number of aliphatic carboxylic acids is 1. The van der Waals surface area contributed by atoms with Crippen LogP contribution >= 0.6 is 22.9 Å². The number of hydrogen-bond acceptors (Lipinski definition) is 4. The van der Waals surface area contributed by atoms with E-state index in [2.05, 4.69) is 5.32 Å². The summed E-state index contributed by atoms with van der Waals surface area (Å²) in [6.45, 7) is 0. The second-order valence-electron chi connectivity index (χ2n) is 8.91. The predicted octanol–water partition coefficient (Wildman–Crippen LogP) is 7.02. The molecule has 0 spiro atoms. The zero-order valence-corrected chi connectivity index (χ0v) is 22.2. The van der Waals surface area contributed by atoms with Crippen molar-refractivity contribution in [2.75, 3.05) is 5.32 Å². The molecule has 3 aromatic carbocycles. The van der Waals surface area contributed by atoms with Gasteiger partial charge in [-0.15, -0.1) is 11.3 Å². The highest BCUT2D eigenvalue weighted by atomic mass is 35.5. The number of nitrogens with one attached hydrogen (secondary N) is 1. The Morgan fingerprint density at radius 1 is 0.872 bits per heavy atom. The van der Waals surface area contributed by atoms with Crippen molar-refractivity contribution in [2.45, 2.75) is 12.5 Å². The molecule has 0 bridgehead atoms. The number of carbonyl (C=O) groups excluding carboxylic acids is 1. The fraction of sp³-hybridized carbons (Fsp3) is 0.0645. The lowest BCUT2D eigenvalue weighted by atomic mass is 10.0. The Morgan fingerprint density at radius 2 is 1.56 bits per heavy atom. The highest BCUT2D eigenvalue weighted by molar-refractivity contribution is 7.13. The largest absolute Gasteiger partial charge is 0.480 e. The number of halogens is 1. The molecule has 2 aromatic heterocycles. The van der Waals surface area contributed by atoms with Gasteiger partial charge in [0.15, 0.2) is 0 Å². The van der Waals surface area contributed by atoms with Crippen molar-refractivity contribution in [2.24, 2.45) is 0 Å². The molecule has 6 nitrogen and oxygen atoms in total. The maximum atomic E-state index is 13.6. The Kier molecular flexibility index (Phi) is 7.72. The molecule has 2 N–H and O–H groups in total. The SMILES string of the molecule is O=C(Nc1cc(-c2cccs2)cn(C(Cc2ccc(Cl)cc2)C(=O)O)c1=O)c1ccc(-c2ccccc2)cc1. The molecule has 1 atom stereocenters. The number of thiophene rings is 1. The number of benzene rings is 3. The molecule has 0 aliphatic rings. The van der Waals surface area contributed by atoms with Gasteiger partial charge in [-0.2, -0.15) is 0 Å². The van der Waals surface area contributed by atoms with E-state index >= 15 is 0 Å². The minimum atomic E-state index is -1.20. The van der Waals surface area contributed by atoms with E-state index in [-0.39, 0.29) is 12.1 Å². The summed E-state index contributed by atoms with van der Waals surface area (Å²) in [4.78, 5) is 39.9. The molecule has 0 saturated heterocycles. The van der Waals surface area contributed by atoms with Crippen LogP contribution in [-0.2, 0) is 11.2 Å². The third kappa shape index (κ3) is 6.00. The van der Waals surface area contributed by atoms with Gasteiger partial charge >= 0.3 is 5.97 Å². The molecular weight excluding hydrogens is 532 g/mol. The standard InChI is InChI=1S/C31H23ClN2O4S/c32-25-14-8-20(9-15-25)17-27(31(37)38)34-19-24(28-7-4-16-39-28)18-26(30(34)36)33-29(35)23-12-10-22(11-13-23)21-5-2-1-3-6-21/h1-16,18-19,27H,17H2,(H,33,35)(H,37,38). The number of hydrogen-bond donors (Lipinski definition) is 2. The molecule has 5 rings (SSSR count). The van der Waals surface area contributed by atoms with Gasteiger partial charge in [0.1, 0.15) is 11.7 Å². The number of anilines is 1. The summed E-state index contributed by atoms with van der Waals surface area (Å²) in [5.74, 6) is -1.63. The van der Waals surface area contributed by atoms with Gasteiger partial charge in [-0.05, 0) is 58.5 Å². The Hall–Kier alpha value is -4.46. The first-order chi connectivity index (χ1) is 18.9. The maximum Gasteiger partial charge on any atom is 0.327 e. The number of aromatic nitrogens is 1. The molecular formula is C31H23ClN2O4S. The summed E-state index contributed by atoms with van der Waals surface area (Å²) in [5.41, 5.74) is 3.09. The average molecular weight is 555 g/mol. The Labute approximate surface area is 233 Å². The van der Waals surface area contributed by atoms with Gasteiger partial charge in [-0.25, -0.2) is 4.79 Å². The molecule has 2 heterocycles. The Balaban J connectivity index is 1.49. The van der Waals surface area contributed by atoms with Crippen LogP contribution in [0.5, 0.6) is 0 Å². The van der Waals surface area contributed by atoms with Crippen molar-refractivity contribution in [3.63, 3.8) is 0 Å². The molecule has 0 radical (unpaired) electrons. The van der Waals surface area contributed by atoms with Gasteiger partial charge in [-0.3, -0.25) is 14.2 Å². The normalized spacial score (nSPS) is 11.6. The van der Waals surface area contributed by atoms with E-state index in [1.165, 1.54) is 22.1 Å². The Morgan fingerprint density at radius 3 is 2.21 bits per heavy atom. The van der Waals surface area contributed by atoms with Crippen molar-refractivity contribution in [1.82, 2.24) is 4.57 Å². The number of nitrogens with zero attached hydrogens (tertiary/aromatic N) is 1. The average Bonchev–Trinajstić information content (AvgIpc) is 3.50. The van der Waals surface area contributed by atoms with Gasteiger partial charge in [0.05, 0.1) is 0 Å². The van der Waals surface area contributed by atoms with Gasteiger partial charge in [0.25, 0.3) is 11.5 Å². The molecule has 0 saturated carbocycles. The molecule has 0 aliphatic carbocycles. The molecule has 0 aliphatic heterocycles. The quantitative estimate of drug-likeness (QED) is 0.216. The summed E-state index contributed by atoms with van der Waals surface area (Å²) in [5, 5.41) is 15.2. The van der Waals surface area contributed by atoms with Gasteiger partial charge in [0, 0.05) is 33.6 Å². The van der Waals surface area contributed by atoms with E-state index in [1.807, 2.05) is 60.0 Å². The van der Waals surface area contributed by atoms with Crippen LogP contribution < -0.4 is 10.9 Å². The first kappa shape index (κ1) is 26.2. The molecule has 5 aromatic rings. The van der Waals surface area contributed by atoms with Crippen LogP contribution in [0.4, 0.5) is 5.69 Å². The van der Waals surface area contributed by atoms with Crippen molar-refractivity contribution >= 4 is 40.5 Å². The lowest BCUT2D eigenvalue weighted by molar-refractivity contribution is -0.141. The smallest absolute Gasteiger partial charge is 0.327 e. The number of amides is 1. The minimum Gasteiger partial charge on any atom is -0.480 e. The molecule has 39 heavy (non-hydrogen) atoms. The van der Waals surface area contributed by atoms with Gasteiger partial charge < -0.3 is 10.4 Å². The van der Waals surface area contributed by atoms with Crippen LogP contribution in [0, 0.1) is 0 Å². The van der Waals surface area contributed by atoms with E-state index in [1.54, 1.807) is 42.5 Å². The Bertz CT molecular complexity index is 1660. The maximum absolute atomic E-state index is 13.6. The number of carboxylic acids is 1. The number of carboxylic acid groups (broad SMARTS) is 1. The summed E-state index contributed by atoms with van der Waals surface area (Å²) >= 11 is 7.43. The highest BCUT2D eigenvalue weighted by Gasteiger charge is 2.24. The van der Waals surface area contributed by atoms with Crippen LogP contribution in [0.3, 0.4) is 0 Å². The number of carbonyl (C=O) groups is 2. The van der Waals surface area contributed by atoms with Crippen molar-refractivity contribution in [3.8, 4) is 21.6 Å². The van der Waals surface area contributed by atoms with Crippen LogP contribution in [-0.4, -0.2) is 21.6 Å². The van der Waals surface area contributed by atoms with Crippen molar-refractivity contribution in [1.29, 1.82) is 0 Å². The fourth-order valence-electron chi connectivity index (χ4n) is 4.29. The summed E-state index contributed by atoms with van der Waals surface area (Å²) in [6, 6.07) is 27.8. The summed E-state index contributed by atoms with van der Waals surface area (Å²) < 4.78 is 1.18. The zero-order valence-electron chi connectivity index (χ0n) is 20.6.